The van der Waals surface area contributed by atoms with Gasteiger partial charge in [0.1, 0.15) is 11.9 Å². The predicted molar refractivity (Wildman–Crippen MR) is 73.1 cm³/mol. The average Bonchev–Trinajstić information content (AvgIpc) is 2.85. The molecule has 1 heterocycles. The molecule has 2 unspecified atom stereocenters. The maximum atomic E-state index is 5.74. The number of hydrogen-bond acceptors (Lipinski definition) is 3. The quantitative estimate of drug-likeness (QED) is 0.839. The monoisotopic (exact) mass is 249 g/mol. The molecular formula is C15H23NO2. The summed E-state index contributed by atoms with van der Waals surface area (Å²) in [5, 5.41) is 3.52. The molecule has 0 aliphatic carbocycles. The SMILES string of the molecule is COCC(C)Oc1ccc(CC2CCCN2)cc1. The van der Waals surface area contributed by atoms with Gasteiger partial charge in [-0.25, -0.2) is 0 Å². The van der Waals surface area contributed by atoms with E-state index in [2.05, 4.69) is 29.6 Å². The lowest BCUT2D eigenvalue weighted by Gasteiger charge is -2.14. The van der Waals surface area contributed by atoms with Gasteiger partial charge in [-0.3, -0.25) is 0 Å². The molecule has 1 fully saturated rings. The second-order valence-corrected chi connectivity index (χ2v) is 5.03. The first-order chi connectivity index (χ1) is 8.78. The lowest BCUT2D eigenvalue weighted by molar-refractivity contribution is 0.0921. The van der Waals surface area contributed by atoms with Crippen LogP contribution in [0.2, 0.25) is 0 Å². The highest BCUT2D eigenvalue weighted by Gasteiger charge is 2.14. The van der Waals surface area contributed by atoms with Crippen LogP contribution in [-0.4, -0.2) is 32.4 Å². The Morgan fingerprint density at radius 2 is 2.11 bits per heavy atom. The van der Waals surface area contributed by atoms with Crippen LogP contribution in [0, 0.1) is 0 Å². The normalized spacial score (nSPS) is 20.9. The van der Waals surface area contributed by atoms with Gasteiger partial charge in [-0.05, 0) is 50.4 Å². The summed E-state index contributed by atoms with van der Waals surface area (Å²) in [6.07, 6.45) is 3.81. The summed E-state index contributed by atoms with van der Waals surface area (Å²) in [4.78, 5) is 0. The molecule has 1 aromatic rings. The zero-order valence-corrected chi connectivity index (χ0v) is 11.3. The molecule has 3 heteroatoms. The maximum Gasteiger partial charge on any atom is 0.119 e. The minimum absolute atomic E-state index is 0.0948. The van der Waals surface area contributed by atoms with Crippen molar-refractivity contribution in [3.05, 3.63) is 29.8 Å². The van der Waals surface area contributed by atoms with E-state index in [1.165, 1.54) is 24.9 Å². The molecule has 100 valence electrons. The van der Waals surface area contributed by atoms with Gasteiger partial charge in [0.25, 0.3) is 0 Å². The Hall–Kier alpha value is -1.06. The number of ether oxygens (including phenoxy) is 2. The first-order valence-electron chi connectivity index (χ1n) is 6.76. The van der Waals surface area contributed by atoms with Crippen molar-refractivity contribution in [1.29, 1.82) is 0 Å². The average molecular weight is 249 g/mol. The lowest BCUT2D eigenvalue weighted by Crippen LogP contribution is -2.23. The van der Waals surface area contributed by atoms with Gasteiger partial charge >= 0.3 is 0 Å². The summed E-state index contributed by atoms with van der Waals surface area (Å²) in [7, 11) is 1.69. The van der Waals surface area contributed by atoms with Gasteiger partial charge in [-0.2, -0.15) is 0 Å². The van der Waals surface area contributed by atoms with Crippen LogP contribution >= 0.6 is 0 Å². The zero-order chi connectivity index (χ0) is 12.8. The van der Waals surface area contributed by atoms with Crippen LogP contribution in [0.1, 0.15) is 25.3 Å². The Morgan fingerprint density at radius 1 is 1.33 bits per heavy atom. The van der Waals surface area contributed by atoms with Crippen molar-refractivity contribution in [2.24, 2.45) is 0 Å². The van der Waals surface area contributed by atoms with E-state index in [1.54, 1.807) is 7.11 Å². The summed E-state index contributed by atoms with van der Waals surface area (Å²) >= 11 is 0. The Kier molecular flexibility index (Phi) is 5.02. The molecule has 2 rings (SSSR count). The molecule has 1 saturated heterocycles. The summed E-state index contributed by atoms with van der Waals surface area (Å²) in [5.74, 6) is 0.919. The van der Waals surface area contributed by atoms with Gasteiger partial charge in [0.05, 0.1) is 6.61 Å². The third-order valence-electron chi connectivity index (χ3n) is 3.31. The molecule has 0 aromatic heterocycles. The molecule has 3 nitrogen and oxygen atoms in total. The fraction of sp³-hybridized carbons (Fsp3) is 0.600. The molecule has 2 atom stereocenters. The van der Waals surface area contributed by atoms with Crippen molar-refractivity contribution in [1.82, 2.24) is 5.32 Å². The summed E-state index contributed by atoms with van der Waals surface area (Å²) in [6.45, 7) is 3.80. The van der Waals surface area contributed by atoms with Crippen molar-refractivity contribution in [2.45, 2.75) is 38.3 Å². The molecule has 18 heavy (non-hydrogen) atoms. The number of rotatable bonds is 6. The van der Waals surface area contributed by atoms with Crippen LogP contribution < -0.4 is 10.1 Å². The fourth-order valence-electron chi connectivity index (χ4n) is 2.42. The van der Waals surface area contributed by atoms with Crippen LogP contribution in [0.3, 0.4) is 0 Å². The highest BCUT2D eigenvalue weighted by molar-refractivity contribution is 5.28. The third kappa shape index (κ3) is 4.00. The molecule has 1 aromatic carbocycles. The second kappa shape index (κ2) is 6.76. The van der Waals surface area contributed by atoms with E-state index in [1.807, 2.05) is 6.92 Å². The van der Waals surface area contributed by atoms with E-state index >= 15 is 0 Å². The molecule has 1 aliphatic heterocycles. The number of hydrogen-bond donors (Lipinski definition) is 1. The smallest absolute Gasteiger partial charge is 0.119 e. The molecule has 0 amide bonds. The Bertz CT molecular complexity index is 344. The lowest BCUT2D eigenvalue weighted by atomic mass is 10.0. The van der Waals surface area contributed by atoms with Gasteiger partial charge in [-0.15, -0.1) is 0 Å². The Labute approximate surface area is 109 Å². The maximum absolute atomic E-state index is 5.74. The highest BCUT2D eigenvalue weighted by Crippen LogP contribution is 2.17. The van der Waals surface area contributed by atoms with Crippen molar-refractivity contribution >= 4 is 0 Å². The number of methoxy groups -OCH3 is 1. The van der Waals surface area contributed by atoms with Crippen LogP contribution in [0.5, 0.6) is 5.75 Å². The van der Waals surface area contributed by atoms with Gasteiger partial charge in [0.15, 0.2) is 0 Å². The van der Waals surface area contributed by atoms with E-state index in [-0.39, 0.29) is 6.10 Å². The van der Waals surface area contributed by atoms with Crippen LogP contribution in [0.4, 0.5) is 0 Å². The van der Waals surface area contributed by atoms with Gasteiger partial charge in [0.2, 0.25) is 0 Å². The van der Waals surface area contributed by atoms with Crippen LogP contribution in [0.15, 0.2) is 24.3 Å². The van der Waals surface area contributed by atoms with Crippen LogP contribution in [0.25, 0.3) is 0 Å². The summed E-state index contributed by atoms with van der Waals surface area (Å²) in [5.41, 5.74) is 1.38. The summed E-state index contributed by atoms with van der Waals surface area (Å²) in [6, 6.07) is 9.08. The molecule has 0 spiro atoms. The molecule has 1 aliphatic rings. The van der Waals surface area contributed by atoms with E-state index in [0.29, 0.717) is 12.6 Å². The fourth-order valence-corrected chi connectivity index (χ4v) is 2.42. The number of nitrogens with one attached hydrogen (secondary N) is 1. The van der Waals surface area contributed by atoms with Crippen molar-refractivity contribution in [2.75, 3.05) is 20.3 Å². The highest BCUT2D eigenvalue weighted by atomic mass is 16.5. The van der Waals surface area contributed by atoms with Crippen LogP contribution in [-0.2, 0) is 11.2 Å². The minimum Gasteiger partial charge on any atom is -0.488 e. The van der Waals surface area contributed by atoms with Gasteiger partial charge < -0.3 is 14.8 Å². The first kappa shape index (κ1) is 13.4. The zero-order valence-electron chi connectivity index (χ0n) is 11.3. The molecule has 1 N–H and O–H groups in total. The van der Waals surface area contributed by atoms with Crippen molar-refractivity contribution < 1.29 is 9.47 Å². The van der Waals surface area contributed by atoms with E-state index in [9.17, 15) is 0 Å². The standard InChI is InChI=1S/C15H23NO2/c1-12(11-17-2)18-15-7-5-13(6-8-15)10-14-4-3-9-16-14/h5-8,12,14,16H,3-4,9-11H2,1-2H3. The van der Waals surface area contributed by atoms with Crippen molar-refractivity contribution in [3.8, 4) is 5.75 Å². The minimum atomic E-state index is 0.0948. The van der Waals surface area contributed by atoms with E-state index < -0.39 is 0 Å². The largest absolute Gasteiger partial charge is 0.488 e. The van der Waals surface area contributed by atoms with Gasteiger partial charge in [0, 0.05) is 13.2 Å². The number of benzene rings is 1. The first-order valence-corrected chi connectivity index (χ1v) is 6.76. The summed E-state index contributed by atoms with van der Waals surface area (Å²) < 4.78 is 10.8. The Balaban J connectivity index is 1.84. The molecular weight excluding hydrogens is 226 g/mol. The second-order valence-electron chi connectivity index (χ2n) is 5.03. The predicted octanol–water partition coefficient (Wildman–Crippen LogP) is 2.39. The van der Waals surface area contributed by atoms with Gasteiger partial charge in [-0.1, -0.05) is 12.1 Å². The topological polar surface area (TPSA) is 30.5 Å². The molecule has 0 radical (unpaired) electrons. The third-order valence-corrected chi connectivity index (χ3v) is 3.31. The Morgan fingerprint density at radius 3 is 2.72 bits per heavy atom. The van der Waals surface area contributed by atoms with Crippen molar-refractivity contribution in [3.63, 3.8) is 0 Å². The van der Waals surface area contributed by atoms with E-state index in [4.69, 9.17) is 9.47 Å². The van der Waals surface area contributed by atoms with E-state index in [0.717, 1.165) is 12.2 Å². The molecule has 0 bridgehead atoms. The molecule has 0 saturated carbocycles.